The Hall–Kier alpha value is -2.04. The molecular formula is C15H11Cl2N3O. The molecule has 0 saturated carbocycles. The molecule has 0 radical (unpaired) electrons. The van der Waals surface area contributed by atoms with E-state index in [4.69, 9.17) is 27.9 Å². The lowest BCUT2D eigenvalue weighted by Crippen LogP contribution is -1.98. The summed E-state index contributed by atoms with van der Waals surface area (Å²) in [4.78, 5) is 8.52. The molecule has 106 valence electrons. The molecule has 0 aliphatic carbocycles. The van der Waals surface area contributed by atoms with Crippen LogP contribution in [-0.2, 0) is 0 Å². The van der Waals surface area contributed by atoms with E-state index in [2.05, 4.69) is 15.3 Å². The van der Waals surface area contributed by atoms with Gasteiger partial charge in [0.1, 0.15) is 17.9 Å². The molecule has 0 aliphatic heterocycles. The standard InChI is InChI=1S/C15H11Cl2N3O/c1-21-13-4-2-3-11-14(13)15(19-8-18-11)20-12-7-9(16)5-6-10(12)17/h2-8H,1H3,(H,18,19,20). The first-order valence-corrected chi connectivity index (χ1v) is 6.94. The number of benzene rings is 2. The fourth-order valence-electron chi connectivity index (χ4n) is 2.06. The van der Waals surface area contributed by atoms with Crippen LogP contribution in [0.1, 0.15) is 0 Å². The Bertz CT molecular complexity index is 803. The molecule has 1 heterocycles. The minimum Gasteiger partial charge on any atom is -0.496 e. The predicted molar refractivity (Wildman–Crippen MR) is 85.8 cm³/mol. The normalized spacial score (nSPS) is 10.6. The molecular weight excluding hydrogens is 309 g/mol. The largest absolute Gasteiger partial charge is 0.496 e. The summed E-state index contributed by atoms with van der Waals surface area (Å²) in [5, 5.41) is 5.12. The number of fused-ring (bicyclic) bond motifs is 1. The van der Waals surface area contributed by atoms with Gasteiger partial charge in [-0.05, 0) is 30.3 Å². The van der Waals surface area contributed by atoms with Crippen molar-refractivity contribution in [3.05, 3.63) is 52.8 Å². The van der Waals surface area contributed by atoms with E-state index in [0.717, 1.165) is 10.9 Å². The molecule has 0 fully saturated rings. The Kier molecular flexibility index (Phi) is 3.82. The van der Waals surface area contributed by atoms with Gasteiger partial charge in [-0.25, -0.2) is 9.97 Å². The molecule has 21 heavy (non-hydrogen) atoms. The van der Waals surface area contributed by atoms with Crippen molar-refractivity contribution in [1.82, 2.24) is 9.97 Å². The Balaban J connectivity index is 2.14. The monoisotopic (exact) mass is 319 g/mol. The highest BCUT2D eigenvalue weighted by atomic mass is 35.5. The van der Waals surface area contributed by atoms with Crippen molar-refractivity contribution in [3.63, 3.8) is 0 Å². The summed E-state index contributed by atoms with van der Waals surface area (Å²) in [6.45, 7) is 0. The molecule has 3 aromatic rings. The fourth-order valence-corrected chi connectivity index (χ4v) is 2.40. The molecule has 0 unspecified atom stereocenters. The number of hydrogen-bond acceptors (Lipinski definition) is 4. The molecule has 1 N–H and O–H groups in total. The van der Waals surface area contributed by atoms with Crippen molar-refractivity contribution in [1.29, 1.82) is 0 Å². The Morgan fingerprint density at radius 3 is 2.76 bits per heavy atom. The average molecular weight is 320 g/mol. The van der Waals surface area contributed by atoms with Crippen LogP contribution in [0.25, 0.3) is 10.9 Å². The molecule has 0 aliphatic rings. The van der Waals surface area contributed by atoms with Gasteiger partial charge in [0, 0.05) is 5.02 Å². The zero-order valence-corrected chi connectivity index (χ0v) is 12.6. The minimum absolute atomic E-state index is 0.557. The third-order valence-corrected chi connectivity index (χ3v) is 3.59. The Morgan fingerprint density at radius 2 is 1.95 bits per heavy atom. The zero-order valence-electron chi connectivity index (χ0n) is 11.1. The zero-order chi connectivity index (χ0) is 14.8. The predicted octanol–water partition coefficient (Wildman–Crippen LogP) is 4.69. The molecule has 3 rings (SSSR count). The summed E-state index contributed by atoms with van der Waals surface area (Å²) in [7, 11) is 1.61. The van der Waals surface area contributed by atoms with Gasteiger partial charge in [0.05, 0.1) is 28.7 Å². The second-order valence-electron chi connectivity index (χ2n) is 4.33. The maximum absolute atomic E-state index is 6.18. The number of aromatic nitrogens is 2. The fraction of sp³-hybridized carbons (Fsp3) is 0.0667. The van der Waals surface area contributed by atoms with Gasteiger partial charge in [0.25, 0.3) is 0 Å². The first-order valence-electron chi connectivity index (χ1n) is 6.19. The van der Waals surface area contributed by atoms with Crippen LogP contribution in [0.3, 0.4) is 0 Å². The molecule has 0 atom stereocenters. The van der Waals surface area contributed by atoms with Crippen molar-refractivity contribution in [2.45, 2.75) is 0 Å². The lowest BCUT2D eigenvalue weighted by atomic mass is 10.2. The second-order valence-corrected chi connectivity index (χ2v) is 5.17. The maximum Gasteiger partial charge on any atom is 0.145 e. The van der Waals surface area contributed by atoms with Gasteiger partial charge < -0.3 is 10.1 Å². The van der Waals surface area contributed by atoms with Gasteiger partial charge in [0.2, 0.25) is 0 Å². The van der Waals surface area contributed by atoms with Crippen molar-refractivity contribution < 1.29 is 4.74 Å². The third kappa shape index (κ3) is 2.73. The van der Waals surface area contributed by atoms with Crippen LogP contribution < -0.4 is 10.1 Å². The van der Waals surface area contributed by atoms with Crippen molar-refractivity contribution in [3.8, 4) is 5.75 Å². The van der Waals surface area contributed by atoms with Crippen LogP contribution in [0.15, 0.2) is 42.7 Å². The molecule has 2 aromatic carbocycles. The minimum atomic E-state index is 0.557. The number of hydrogen-bond donors (Lipinski definition) is 1. The van der Waals surface area contributed by atoms with Crippen LogP contribution in [0.4, 0.5) is 11.5 Å². The van der Waals surface area contributed by atoms with Crippen LogP contribution in [0, 0.1) is 0 Å². The maximum atomic E-state index is 6.18. The van der Waals surface area contributed by atoms with Crippen LogP contribution in [0.2, 0.25) is 10.0 Å². The van der Waals surface area contributed by atoms with Crippen molar-refractivity contribution in [2.75, 3.05) is 12.4 Å². The van der Waals surface area contributed by atoms with E-state index in [-0.39, 0.29) is 0 Å². The summed E-state index contributed by atoms with van der Waals surface area (Å²) in [5.74, 6) is 1.30. The highest BCUT2D eigenvalue weighted by Gasteiger charge is 2.11. The first kappa shape index (κ1) is 13.9. The van der Waals surface area contributed by atoms with Gasteiger partial charge >= 0.3 is 0 Å². The molecule has 1 aromatic heterocycles. The molecule has 0 spiro atoms. The second kappa shape index (κ2) is 5.76. The molecule has 0 saturated heterocycles. The summed E-state index contributed by atoms with van der Waals surface area (Å²) in [5.41, 5.74) is 1.46. The Labute approximate surface area is 131 Å². The number of nitrogens with zero attached hydrogens (tertiary/aromatic N) is 2. The molecule has 0 amide bonds. The van der Waals surface area contributed by atoms with E-state index in [1.165, 1.54) is 6.33 Å². The summed E-state index contributed by atoms with van der Waals surface area (Å²) in [6, 6.07) is 10.8. The molecule has 6 heteroatoms. The van der Waals surface area contributed by atoms with E-state index in [1.54, 1.807) is 25.3 Å². The SMILES string of the molecule is COc1cccc2ncnc(Nc3cc(Cl)ccc3Cl)c12. The van der Waals surface area contributed by atoms with Gasteiger partial charge in [-0.15, -0.1) is 0 Å². The van der Waals surface area contributed by atoms with Gasteiger partial charge in [-0.3, -0.25) is 0 Å². The highest BCUT2D eigenvalue weighted by Crippen LogP contribution is 2.34. The smallest absolute Gasteiger partial charge is 0.145 e. The average Bonchev–Trinajstić information content (AvgIpc) is 2.50. The lowest BCUT2D eigenvalue weighted by molar-refractivity contribution is 0.420. The van der Waals surface area contributed by atoms with E-state index in [0.29, 0.717) is 27.3 Å². The Morgan fingerprint density at radius 1 is 1.10 bits per heavy atom. The number of anilines is 2. The van der Waals surface area contributed by atoms with E-state index >= 15 is 0 Å². The van der Waals surface area contributed by atoms with Gasteiger partial charge in [-0.1, -0.05) is 29.3 Å². The van der Waals surface area contributed by atoms with Crippen LogP contribution in [-0.4, -0.2) is 17.1 Å². The highest BCUT2D eigenvalue weighted by molar-refractivity contribution is 6.35. The number of ether oxygens (including phenoxy) is 1. The van der Waals surface area contributed by atoms with E-state index in [9.17, 15) is 0 Å². The summed E-state index contributed by atoms with van der Waals surface area (Å²) in [6.07, 6.45) is 1.49. The third-order valence-electron chi connectivity index (χ3n) is 3.03. The molecule has 4 nitrogen and oxygen atoms in total. The summed E-state index contributed by atoms with van der Waals surface area (Å²) >= 11 is 12.2. The van der Waals surface area contributed by atoms with Crippen LogP contribution >= 0.6 is 23.2 Å². The van der Waals surface area contributed by atoms with E-state index in [1.807, 2.05) is 18.2 Å². The van der Waals surface area contributed by atoms with E-state index < -0.39 is 0 Å². The number of rotatable bonds is 3. The molecule has 0 bridgehead atoms. The number of nitrogens with one attached hydrogen (secondary N) is 1. The number of halogens is 2. The topological polar surface area (TPSA) is 47.0 Å². The van der Waals surface area contributed by atoms with Crippen molar-refractivity contribution >= 4 is 45.6 Å². The van der Waals surface area contributed by atoms with Crippen molar-refractivity contribution in [2.24, 2.45) is 0 Å². The lowest BCUT2D eigenvalue weighted by Gasteiger charge is -2.12. The van der Waals surface area contributed by atoms with Crippen LogP contribution in [0.5, 0.6) is 5.75 Å². The number of methoxy groups -OCH3 is 1. The first-order chi connectivity index (χ1) is 10.2. The van der Waals surface area contributed by atoms with Gasteiger partial charge in [-0.2, -0.15) is 0 Å². The summed E-state index contributed by atoms with van der Waals surface area (Å²) < 4.78 is 5.38. The van der Waals surface area contributed by atoms with Gasteiger partial charge in [0.15, 0.2) is 0 Å². The quantitative estimate of drug-likeness (QED) is 0.760.